The highest BCUT2D eigenvalue weighted by atomic mass is 16.5. The van der Waals surface area contributed by atoms with Gasteiger partial charge in [0.05, 0.1) is 13.2 Å². The summed E-state index contributed by atoms with van der Waals surface area (Å²) in [7, 11) is 3.16. The summed E-state index contributed by atoms with van der Waals surface area (Å²) in [5.41, 5.74) is 0.166. The first kappa shape index (κ1) is 12.9. The first-order valence-electron chi connectivity index (χ1n) is 5.64. The minimum Gasteiger partial charge on any atom is -0.464 e. The summed E-state index contributed by atoms with van der Waals surface area (Å²) in [5.74, 6) is 0.808. The lowest BCUT2D eigenvalue weighted by molar-refractivity contribution is 0.0593. The molecule has 0 saturated heterocycles. The van der Waals surface area contributed by atoms with Crippen molar-refractivity contribution < 1.29 is 9.53 Å². The first-order chi connectivity index (χ1) is 9.11. The van der Waals surface area contributed by atoms with Crippen LogP contribution in [0, 0.1) is 0 Å². The van der Waals surface area contributed by atoms with Gasteiger partial charge in [-0.2, -0.15) is 0 Å². The number of aromatic nitrogens is 5. The summed E-state index contributed by atoms with van der Waals surface area (Å²) in [6.45, 7) is 1.93. The standard InChI is InChI=1S/C11H14N6O2/c1-7(10-16-12-6-17(10)2)13-9-5-4-8(14-15-9)11(18)19-3/h4-7H,1-3H3,(H,13,15). The van der Waals surface area contributed by atoms with Gasteiger partial charge in [0.25, 0.3) is 0 Å². The van der Waals surface area contributed by atoms with Crippen molar-refractivity contribution >= 4 is 11.8 Å². The van der Waals surface area contributed by atoms with Crippen molar-refractivity contribution in [2.75, 3.05) is 12.4 Å². The van der Waals surface area contributed by atoms with Crippen molar-refractivity contribution in [1.82, 2.24) is 25.0 Å². The lowest BCUT2D eigenvalue weighted by Gasteiger charge is -2.12. The Morgan fingerprint density at radius 2 is 2.16 bits per heavy atom. The van der Waals surface area contributed by atoms with E-state index >= 15 is 0 Å². The molecule has 0 aliphatic rings. The molecular formula is C11H14N6O2. The Balaban J connectivity index is 2.08. The normalized spacial score (nSPS) is 11.9. The van der Waals surface area contributed by atoms with E-state index in [1.54, 1.807) is 18.5 Å². The SMILES string of the molecule is COC(=O)c1ccc(NC(C)c2nncn2C)nn1. The second-order valence-electron chi connectivity index (χ2n) is 3.96. The molecule has 1 unspecified atom stereocenters. The van der Waals surface area contributed by atoms with Gasteiger partial charge in [0, 0.05) is 7.05 Å². The molecule has 1 atom stereocenters. The monoisotopic (exact) mass is 262 g/mol. The van der Waals surface area contributed by atoms with E-state index in [4.69, 9.17) is 0 Å². The van der Waals surface area contributed by atoms with E-state index < -0.39 is 5.97 Å². The summed E-state index contributed by atoms with van der Waals surface area (Å²) >= 11 is 0. The number of hydrogen-bond donors (Lipinski definition) is 1. The maximum Gasteiger partial charge on any atom is 0.358 e. The molecule has 0 aliphatic heterocycles. The summed E-state index contributed by atoms with van der Waals surface area (Å²) < 4.78 is 6.36. The van der Waals surface area contributed by atoms with E-state index in [2.05, 4.69) is 30.4 Å². The number of carbonyl (C=O) groups is 1. The van der Waals surface area contributed by atoms with E-state index in [0.29, 0.717) is 5.82 Å². The van der Waals surface area contributed by atoms with Crippen molar-refractivity contribution in [1.29, 1.82) is 0 Å². The Kier molecular flexibility index (Phi) is 3.69. The molecule has 1 N–H and O–H groups in total. The fraction of sp³-hybridized carbons (Fsp3) is 0.364. The Labute approximate surface area is 109 Å². The smallest absolute Gasteiger partial charge is 0.358 e. The highest BCUT2D eigenvalue weighted by Gasteiger charge is 2.13. The van der Waals surface area contributed by atoms with Crippen LogP contribution in [0.15, 0.2) is 18.5 Å². The molecule has 0 fully saturated rings. The number of carbonyl (C=O) groups excluding carboxylic acids is 1. The van der Waals surface area contributed by atoms with Crippen LogP contribution >= 0.6 is 0 Å². The highest BCUT2D eigenvalue weighted by molar-refractivity contribution is 5.86. The van der Waals surface area contributed by atoms with Crippen LogP contribution in [-0.4, -0.2) is 38.0 Å². The molecule has 0 amide bonds. The number of ether oxygens (including phenoxy) is 1. The summed E-state index contributed by atoms with van der Waals surface area (Å²) in [4.78, 5) is 11.2. The third-order valence-electron chi connectivity index (χ3n) is 2.56. The van der Waals surface area contributed by atoms with Gasteiger partial charge in [-0.25, -0.2) is 4.79 Å². The van der Waals surface area contributed by atoms with Gasteiger partial charge >= 0.3 is 5.97 Å². The number of hydrogen-bond acceptors (Lipinski definition) is 7. The molecular weight excluding hydrogens is 248 g/mol. The van der Waals surface area contributed by atoms with Gasteiger partial charge in [-0.3, -0.25) is 0 Å². The van der Waals surface area contributed by atoms with E-state index in [9.17, 15) is 4.79 Å². The Morgan fingerprint density at radius 3 is 2.68 bits per heavy atom. The van der Waals surface area contributed by atoms with E-state index in [1.165, 1.54) is 7.11 Å². The van der Waals surface area contributed by atoms with Gasteiger partial charge in [-0.1, -0.05) is 0 Å². The average molecular weight is 262 g/mol. The molecule has 2 rings (SSSR count). The van der Waals surface area contributed by atoms with Gasteiger partial charge in [0.1, 0.15) is 12.1 Å². The van der Waals surface area contributed by atoms with Crippen LogP contribution in [-0.2, 0) is 11.8 Å². The Hall–Kier alpha value is -2.51. The predicted molar refractivity (Wildman–Crippen MR) is 66.4 cm³/mol. The Morgan fingerprint density at radius 1 is 1.37 bits per heavy atom. The summed E-state index contributed by atoms with van der Waals surface area (Å²) in [5, 5.41) is 18.6. The van der Waals surface area contributed by atoms with Crippen LogP contribution in [0.5, 0.6) is 0 Å². The third-order valence-corrected chi connectivity index (χ3v) is 2.56. The number of nitrogens with zero attached hydrogens (tertiary/aromatic N) is 5. The molecule has 0 saturated carbocycles. The van der Waals surface area contributed by atoms with Crippen LogP contribution in [0.1, 0.15) is 29.3 Å². The third kappa shape index (κ3) is 2.84. The van der Waals surface area contributed by atoms with Gasteiger partial charge in [0.2, 0.25) is 0 Å². The quantitative estimate of drug-likeness (QED) is 0.804. The van der Waals surface area contributed by atoms with Crippen LogP contribution in [0.3, 0.4) is 0 Å². The largest absolute Gasteiger partial charge is 0.464 e. The number of esters is 1. The van der Waals surface area contributed by atoms with Crippen molar-refractivity contribution in [2.24, 2.45) is 7.05 Å². The molecule has 0 radical (unpaired) electrons. The molecule has 2 aromatic heterocycles. The van der Waals surface area contributed by atoms with Crippen LogP contribution in [0.25, 0.3) is 0 Å². The maximum atomic E-state index is 11.2. The lowest BCUT2D eigenvalue weighted by Crippen LogP contribution is -2.14. The molecule has 0 spiro atoms. The molecule has 0 aliphatic carbocycles. The topological polar surface area (TPSA) is 94.8 Å². The van der Waals surface area contributed by atoms with Gasteiger partial charge in [0.15, 0.2) is 11.5 Å². The van der Waals surface area contributed by atoms with E-state index in [-0.39, 0.29) is 11.7 Å². The summed E-state index contributed by atoms with van der Waals surface area (Å²) in [6.07, 6.45) is 1.62. The Bertz CT molecular complexity index is 565. The van der Waals surface area contributed by atoms with Crippen LogP contribution < -0.4 is 5.32 Å². The zero-order valence-electron chi connectivity index (χ0n) is 10.9. The fourth-order valence-corrected chi connectivity index (χ4v) is 1.59. The van der Waals surface area contributed by atoms with Crippen LogP contribution in [0.2, 0.25) is 0 Å². The van der Waals surface area contributed by atoms with E-state index in [0.717, 1.165) is 5.82 Å². The fourth-order valence-electron chi connectivity index (χ4n) is 1.59. The number of nitrogens with one attached hydrogen (secondary N) is 1. The van der Waals surface area contributed by atoms with Crippen molar-refractivity contribution in [3.63, 3.8) is 0 Å². The number of anilines is 1. The second kappa shape index (κ2) is 5.42. The lowest BCUT2D eigenvalue weighted by atomic mass is 10.3. The van der Waals surface area contributed by atoms with Crippen molar-refractivity contribution in [3.05, 3.63) is 30.0 Å². The van der Waals surface area contributed by atoms with Crippen LogP contribution in [0.4, 0.5) is 5.82 Å². The molecule has 8 heteroatoms. The minimum atomic E-state index is -0.514. The molecule has 100 valence electrons. The molecule has 2 heterocycles. The molecule has 8 nitrogen and oxygen atoms in total. The predicted octanol–water partition coefficient (Wildman–Crippen LogP) is 0.565. The summed E-state index contributed by atoms with van der Waals surface area (Å²) in [6, 6.07) is 3.13. The highest BCUT2D eigenvalue weighted by Crippen LogP contribution is 2.14. The second-order valence-corrected chi connectivity index (χ2v) is 3.96. The first-order valence-corrected chi connectivity index (χ1v) is 5.64. The van der Waals surface area contributed by atoms with Gasteiger partial charge < -0.3 is 14.6 Å². The zero-order valence-corrected chi connectivity index (χ0v) is 10.9. The van der Waals surface area contributed by atoms with Crippen molar-refractivity contribution in [3.8, 4) is 0 Å². The van der Waals surface area contributed by atoms with Crippen molar-refractivity contribution in [2.45, 2.75) is 13.0 Å². The number of rotatable bonds is 4. The number of methoxy groups -OCH3 is 1. The molecule has 0 bridgehead atoms. The molecule has 0 aromatic carbocycles. The zero-order chi connectivity index (χ0) is 13.8. The molecule has 2 aromatic rings. The van der Waals surface area contributed by atoms with Gasteiger partial charge in [-0.15, -0.1) is 20.4 Å². The van der Waals surface area contributed by atoms with E-state index in [1.807, 2.05) is 18.5 Å². The molecule has 19 heavy (non-hydrogen) atoms. The average Bonchev–Trinajstić information content (AvgIpc) is 2.85. The maximum absolute atomic E-state index is 11.2. The van der Waals surface area contributed by atoms with Gasteiger partial charge in [-0.05, 0) is 19.1 Å². The number of aryl methyl sites for hydroxylation is 1. The minimum absolute atomic E-state index is 0.0780.